The van der Waals surface area contributed by atoms with Crippen LogP contribution in [0.3, 0.4) is 0 Å². The van der Waals surface area contributed by atoms with Crippen molar-refractivity contribution in [3.05, 3.63) is 0 Å². The fourth-order valence-corrected chi connectivity index (χ4v) is 9.67. The van der Waals surface area contributed by atoms with E-state index in [1.54, 1.807) is 0 Å². The maximum atomic E-state index is 11.9. The fraction of sp³-hybridized carbons (Fsp3) is 0.960. The molecule has 2 N–H and O–H groups in total. The Morgan fingerprint density at radius 2 is 1.73 bits per heavy atom. The van der Waals surface area contributed by atoms with Gasteiger partial charge >= 0.3 is 5.97 Å². The van der Waals surface area contributed by atoms with E-state index in [-0.39, 0.29) is 33.8 Å². The van der Waals surface area contributed by atoms with E-state index in [9.17, 15) is 15.0 Å². The Bertz CT molecular complexity index is 655. The number of carbonyl (C=O) groups is 1. The van der Waals surface area contributed by atoms with Crippen molar-refractivity contribution in [3.8, 4) is 0 Å². The molecule has 0 heterocycles. The van der Waals surface area contributed by atoms with Crippen molar-refractivity contribution in [3.63, 3.8) is 0 Å². The number of halogens is 1. The summed E-state index contributed by atoms with van der Waals surface area (Å²) in [4.78, 5) is 11.7. The van der Waals surface area contributed by atoms with E-state index in [2.05, 4.69) is 36.7 Å². The quantitative estimate of drug-likeness (QED) is 0.437. The van der Waals surface area contributed by atoms with Crippen molar-refractivity contribution in [2.45, 2.75) is 95.6 Å². The molecule has 11 atom stereocenters. The highest BCUT2D eigenvalue weighted by molar-refractivity contribution is 9.10. The van der Waals surface area contributed by atoms with Gasteiger partial charge < -0.3 is 14.9 Å². The van der Waals surface area contributed by atoms with Crippen LogP contribution in [0.15, 0.2) is 0 Å². The van der Waals surface area contributed by atoms with Crippen LogP contribution in [0.4, 0.5) is 0 Å². The topological polar surface area (TPSA) is 66.8 Å². The average Bonchev–Trinajstić information content (AvgIpc) is 3.05. The maximum Gasteiger partial charge on any atom is 0.319 e. The molecule has 0 amide bonds. The van der Waals surface area contributed by atoms with Crippen LogP contribution >= 0.6 is 15.9 Å². The van der Waals surface area contributed by atoms with Crippen LogP contribution in [0.25, 0.3) is 0 Å². The first kappa shape index (κ1) is 23.0. The molecule has 0 aliphatic heterocycles. The number of rotatable bonds is 4. The Kier molecular flexibility index (Phi) is 6.40. The predicted octanol–water partition coefficient (Wildman–Crippen LogP) is 4.94. The molecular weight excluding hydrogens is 444 g/mol. The second-order valence-electron chi connectivity index (χ2n) is 11.7. The van der Waals surface area contributed by atoms with Gasteiger partial charge in [0, 0.05) is 0 Å². The highest BCUT2D eigenvalue weighted by Crippen LogP contribution is 2.68. The first-order valence-electron chi connectivity index (χ1n) is 12.2. The standard InChI is InChI=1S/C25H41BrO4/c1-14(11-20(26)23(29)30-4)17-5-6-18-22-19(8-10-25(17,18)3)24(2)9-7-16(27)12-15(24)13-21(22)28/h14-22,27-28H,5-13H2,1-4H3/t14-,15+,16-,17?,18?,19?,20?,21-,22?,24+,25-/m1/s1. The summed E-state index contributed by atoms with van der Waals surface area (Å²) in [6.45, 7) is 7.25. The molecule has 4 nitrogen and oxygen atoms in total. The average molecular weight is 486 g/mol. The van der Waals surface area contributed by atoms with Crippen molar-refractivity contribution < 1.29 is 19.7 Å². The van der Waals surface area contributed by atoms with E-state index in [1.165, 1.54) is 32.8 Å². The third-order valence-electron chi connectivity index (χ3n) is 10.5. The van der Waals surface area contributed by atoms with E-state index < -0.39 is 0 Å². The lowest BCUT2D eigenvalue weighted by atomic mass is 9.43. The van der Waals surface area contributed by atoms with Gasteiger partial charge in [0.05, 0.1) is 19.3 Å². The van der Waals surface area contributed by atoms with E-state index in [4.69, 9.17) is 4.74 Å². The van der Waals surface area contributed by atoms with Crippen LogP contribution in [0.5, 0.6) is 0 Å². The molecule has 4 aliphatic carbocycles. The summed E-state index contributed by atoms with van der Waals surface area (Å²) in [5.74, 6) is 2.91. The second-order valence-corrected chi connectivity index (χ2v) is 12.8. The molecule has 4 rings (SSSR count). The van der Waals surface area contributed by atoms with Gasteiger partial charge in [-0.3, -0.25) is 4.79 Å². The molecule has 0 radical (unpaired) electrons. The molecule has 5 heteroatoms. The largest absolute Gasteiger partial charge is 0.468 e. The number of esters is 1. The van der Waals surface area contributed by atoms with Crippen molar-refractivity contribution in [2.24, 2.45) is 46.3 Å². The molecular formula is C25H41BrO4. The Balaban J connectivity index is 1.53. The number of hydrogen-bond donors (Lipinski definition) is 2. The summed E-state index contributed by atoms with van der Waals surface area (Å²) < 4.78 is 4.92. The molecule has 0 aromatic carbocycles. The number of aliphatic hydroxyl groups is 2. The molecule has 0 saturated heterocycles. The lowest BCUT2D eigenvalue weighted by Crippen LogP contribution is -2.58. The van der Waals surface area contributed by atoms with Crippen molar-refractivity contribution in [2.75, 3.05) is 7.11 Å². The third-order valence-corrected chi connectivity index (χ3v) is 11.2. The number of fused-ring (bicyclic) bond motifs is 5. The molecule has 172 valence electrons. The number of hydrogen-bond acceptors (Lipinski definition) is 4. The number of carbonyl (C=O) groups excluding carboxylic acids is 1. The van der Waals surface area contributed by atoms with Gasteiger partial charge in [0.15, 0.2) is 0 Å². The monoisotopic (exact) mass is 484 g/mol. The van der Waals surface area contributed by atoms with Crippen LogP contribution in [0, 0.1) is 46.3 Å². The van der Waals surface area contributed by atoms with Crippen molar-refractivity contribution >= 4 is 21.9 Å². The molecule has 30 heavy (non-hydrogen) atoms. The maximum absolute atomic E-state index is 11.9. The number of alkyl halides is 1. The Morgan fingerprint density at radius 1 is 1.07 bits per heavy atom. The Labute approximate surface area is 190 Å². The van der Waals surface area contributed by atoms with Crippen LogP contribution in [0.2, 0.25) is 0 Å². The van der Waals surface area contributed by atoms with Gasteiger partial charge in [0.2, 0.25) is 0 Å². The van der Waals surface area contributed by atoms with E-state index in [1.807, 2.05) is 0 Å². The van der Waals surface area contributed by atoms with Gasteiger partial charge in [-0.05, 0) is 104 Å². The van der Waals surface area contributed by atoms with Crippen LogP contribution in [0.1, 0.15) is 78.6 Å². The van der Waals surface area contributed by atoms with Gasteiger partial charge in [-0.1, -0.05) is 36.7 Å². The van der Waals surface area contributed by atoms with Gasteiger partial charge in [-0.2, -0.15) is 0 Å². The molecule has 0 bridgehead atoms. The van der Waals surface area contributed by atoms with E-state index in [0.717, 1.165) is 32.1 Å². The molecule has 0 aromatic heterocycles. The number of methoxy groups -OCH3 is 1. The predicted molar refractivity (Wildman–Crippen MR) is 121 cm³/mol. The first-order valence-corrected chi connectivity index (χ1v) is 13.1. The van der Waals surface area contributed by atoms with Crippen molar-refractivity contribution in [1.82, 2.24) is 0 Å². The van der Waals surface area contributed by atoms with Gasteiger partial charge in [-0.25, -0.2) is 0 Å². The highest BCUT2D eigenvalue weighted by Gasteiger charge is 2.62. The fourth-order valence-electron chi connectivity index (χ4n) is 8.89. The van der Waals surface area contributed by atoms with Crippen molar-refractivity contribution in [1.29, 1.82) is 0 Å². The normalized spacial score (nSPS) is 50.0. The summed E-state index contributed by atoms with van der Waals surface area (Å²) in [6.07, 6.45) is 9.04. The third kappa shape index (κ3) is 3.59. The molecule has 0 spiro atoms. The Morgan fingerprint density at radius 3 is 2.43 bits per heavy atom. The summed E-state index contributed by atoms with van der Waals surface area (Å²) >= 11 is 3.54. The molecule has 4 saturated carbocycles. The summed E-state index contributed by atoms with van der Waals surface area (Å²) in [5.41, 5.74) is 0.530. The number of ether oxygens (including phenoxy) is 1. The second kappa shape index (κ2) is 8.33. The van der Waals surface area contributed by atoms with Gasteiger partial charge in [0.1, 0.15) is 4.83 Å². The van der Waals surface area contributed by atoms with Gasteiger partial charge in [0.25, 0.3) is 0 Å². The van der Waals surface area contributed by atoms with Crippen LogP contribution in [-0.2, 0) is 9.53 Å². The summed E-state index contributed by atoms with van der Waals surface area (Å²) in [6, 6.07) is 0. The zero-order valence-electron chi connectivity index (χ0n) is 19.1. The zero-order valence-corrected chi connectivity index (χ0v) is 20.7. The van der Waals surface area contributed by atoms with Crippen LogP contribution in [-0.4, -0.2) is 40.3 Å². The SMILES string of the molecule is COC(=O)C(Br)C[C@@H](C)C1CCC2C3C(CC[C@@]21C)[C@@]1(C)CC[C@@H](O)C[C@H]1C[C@H]3O. The van der Waals surface area contributed by atoms with Crippen LogP contribution < -0.4 is 0 Å². The Hall–Kier alpha value is -0.130. The van der Waals surface area contributed by atoms with Gasteiger partial charge in [-0.15, -0.1) is 0 Å². The lowest BCUT2D eigenvalue weighted by Gasteiger charge is -2.62. The lowest BCUT2D eigenvalue weighted by molar-refractivity contribution is -0.174. The number of aliphatic hydroxyl groups excluding tert-OH is 2. The van der Waals surface area contributed by atoms with E-state index >= 15 is 0 Å². The van der Waals surface area contributed by atoms with E-state index in [0.29, 0.717) is 35.5 Å². The molecule has 0 aromatic rings. The summed E-state index contributed by atoms with van der Waals surface area (Å²) in [7, 11) is 1.46. The minimum atomic E-state index is -0.231. The minimum absolute atomic E-state index is 0.175. The summed E-state index contributed by atoms with van der Waals surface area (Å²) in [5, 5.41) is 21.6. The first-order chi connectivity index (χ1) is 14.1. The smallest absolute Gasteiger partial charge is 0.319 e. The molecule has 4 fully saturated rings. The minimum Gasteiger partial charge on any atom is -0.468 e. The highest BCUT2D eigenvalue weighted by atomic mass is 79.9. The molecule has 4 aliphatic rings. The molecule has 5 unspecified atom stereocenters. The zero-order chi connectivity index (χ0) is 21.8.